The van der Waals surface area contributed by atoms with Gasteiger partial charge in [-0.1, -0.05) is 24.6 Å². The van der Waals surface area contributed by atoms with Crippen molar-refractivity contribution in [2.45, 2.75) is 32.6 Å². The van der Waals surface area contributed by atoms with Crippen LogP contribution in [0.5, 0.6) is 0 Å². The number of thiophene rings is 1. The van der Waals surface area contributed by atoms with Crippen molar-refractivity contribution >= 4 is 21.4 Å². The highest BCUT2D eigenvalue weighted by Gasteiger charge is 2.26. The van der Waals surface area contributed by atoms with Crippen molar-refractivity contribution in [2.24, 2.45) is 0 Å². The molecule has 0 saturated carbocycles. The van der Waals surface area contributed by atoms with Gasteiger partial charge in [0.05, 0.1) is 10.6 Å². The third kappa shape index (κ3) is 5.12. The molecule has 144 valence electrons. The van der Waals surface area contributed by atoms with Crippen LogP contribution in [0.25, 0.3) is 10.7 Å². The van der Waals surface area contributed by atoms with Gasteiger partial charge in [-0.05, 0) is 30.8 Å². The minimum absolute atomic E-state index is 0.271. The molecule has 7 nitrogen and oxygen atoms in total. The Morgan fingerprint density at radius 1 is 1.23 bits per heavy atom. The number of rotatable bonds is 9. The van der Waals surface area contributed by atoms with Gasteiger partial charge < -0.3 is 9.42 Å². The van der Waals surface area contributed by atoms with Crippen molar-refractivity contribution in [2.75, 3.05) is 38.5 Å². The third-order valence-electron chi connectivity index (χ3n) is 4.56. The Morgan fingerprint density at radius 2 is 2.04 bits per heavy atom. The molecule has 0 aromatic carbocycles. The van der Waals surface area contributed by atoms with Crippen LogP contribution in [0.3, 0.4) is 0 Å². The van der Waals surface area contributed by atoms with Crippen molar-refractivity contribution in [3.8, 4) is 10.7 Å². The van der Waals surface area contributed by atoms with Crippen LogP contribution in [0.15, 0.2) is 22.0 Å². The van der Waals surface area contributed by atoms with E-state index < -0.39 is 10.0 Å². The van der Waals surface area contributed by atoms with Crippen LogP contribution in [0.2, 0.25) is 0 Å². The summed E-state index contributed by atoms with van der Waals surface area (Å²) in [6.07, 6.45) is 3.31. The lowest BCUT2D eigenvalue weighted by atomic mass is 10.2. The van der Waals surface area contributed by atoms with Gasteiger partial charge in [0.15, 0.2) is 0 Å². The number of sulfonamides is 1. The van der Waals surface area contributed by atoms with Gasteiger partial charge in [-0.15, -0.1) is 11.3 Å². The smallest absolute Gasteiger partial charge is 0.227 e. The Hall–Kier alpha value is -1.29. The van der Waals surface area contributed by atoms with E-state index in [0.29, 0.717) is 24.8 Å². The molecule has 0 atom stereocenters. The van der Waals surface area contributed by atoms with Gasteiger partial charge in [0, 0.05) is 32.6 Å². The highest BCUT2D eigenvalue weighted by atomic mass is 32.2. The van der Waals surface area contributed by atoms with Crippen molar-refractivity contribution in [3.05, 3.63) is 23.4 Å². The van der Waals surface area contributed by atoms with Crippen molar-refractivity contribution < 1.29 is 12.9 Å². The first-order valence-corrected chi connectivity index (χ1v) is 11.6. The van der Waals surface area contributed by atoms with Gasteiger partial charge >= 0.3 is 0 Å². The van der Waals surface area contributed by atoms with Crippen molar-refractivity contribution in [3.63, 3.8) is 0 Å². The second-order valence-corrected chi connectivity index (χ2v) is 9.54. The highest BCUT2D eigenvalue weighted by Crippen LogP contribution is 2.21. The van der Waals surface area contributed by atoms with Crippen LogP contribution < -0.4 is 0 Å². The fourth-order valence-corrected chi connectivity index (χ4v) is 5.28. The Labute approximate surface area is 159 Å². The first-order valence-electron chi connectivity index (χ1n) is 9.15. The van der Waals surface area contributed by atoms with Crippen LogP contribution >= 0.6 is 11.3 Å². The lowest BCUT2D eigenvalue weighted by Gasteiger charge is -2.33. The van der Waals surface area contributed by atoms with E-state index >= 15 is 0 Å². The molecule has 3 heterocycles. The molecule has 0 radical (unpaired) electrons. The maximum atomic E-state index is 12.2. The van der Waals surface area contributed by atoms with Gasteiger partial charge in [-0.2, -0.15) is 9.29 Å². The summed E-state index contributed by atoms with van der Waals surface area (Å²) in [4.78, 5) is 7.76. The lowest BCUT2D eigenvalue weighted by molar-refractivity contribution is 0.185. The van der Waals surface area contributed by atoms with E-state index in [0.717, 1.165) is 50.2 Å². The average Bonchev–Trinajstić information content (AvgIpc) is 3.32. The SMILES string of the molecule is CCCCS(=O)(=O)N1CCN(CCCc2nc(-c3cccs3)no2)CC1. The fraction of sp³-hybridized carbons (Fsp3) is 0.647. The van der Waals surface area contributed by atoms with Gasteiger partial charge in [0.25, 0.3) is 0 Å². The number of aromatic nitrogens is 2. The summed E-state index contributed by atoms with van der Waals surface area (Å²) in [5.74, 6) is 1.59. The number of hydrogen-bond acceptors (Lipinski definition) is 7. The predicted molar refractivity (Wildman–Crippen MR) is 103 cm³/mol. The maximum Gasteiger partial charge on any atom is 0.227 e. The molecule has 1 saturated heterocycles. The van der Waals surface area contributed by atoms with Crippen LogP contribution in [-0.4, -0.2) is 66.2 Å². The topological polar surface area (TPSA) is 79.5 Å². The van der Waals surface area contributed by atoms with E-state index in [4.69, 9.17) is 4.52 Å². The molecule has 26 heavy (non-hydrogen) atoms. The molecule has 2 aromatic rings. The van der Waals surface area contributed by atoms with Gasteiger partial charge in [0.2, 0.25) is 21.7 Å². The number of aryl methyl sites for hydroxylation is 1. The summed E-state index contributed by atoms with van der Waals surface area (Å²) >= 11 is 1.60. The first-order chi connectivity index (χ1) is 12.6. The summed E-state index contributed by atoms with van der Waals surface area (Å²) in [5.41, 5.74) is 0. The van der Waals surface area contributed by atoms with Gasteiger partial charge in [-0.3, -0.25) is 0 Å². The Balaban J connectivity index is 1.39. The maximum absolute atomic E-state index is 12.2. The summed E-state index contributed by atoms with van der Waals surface area (Å²) in [5, 5.41) is 6.02. The van der Waals surface area contributed by atoms with E-state index in [1.165, 1.54) is 0 Å². The Morgan fingerprint density at radius 3 is 2.73 bits per heavy atom. The zero-order chi connectivity index (χ0) is 18.4. The molecular formula is C17H26N4O3S2. The van der Waals surface area contributed by atoms with E-state index in [-0.39, 0.29) is 5.75 Å². The standard InChI is InChI=1S/C17H26N4O3S2/c1-2-3-14-26(22,23)21-11-9-20(10-12-21)8-4-7-16-18-17(19-24-16)15-6-5-13-25-15/h5-6,13H,2-4,7-12,14H2,1H3. The van der Waals surface area contributed by atoms with Gasteiger partial charge in [0.1, 0.15) is 0 Å². The third-order valence-corrected chi connectivity index (χ3v) is 7.38. The van der Waals surface area contributed by atoms with Crippen molar-refractivity contribution in [1.82, 2.24) is 19.3 Å². The van der Waals surface area contributed by atoms with Crippen LogP contribution in [0.4, 0.5) is 0 Å². The fourth-order valence-electron chi connectivity index (χ4n) is 3.00. The van der Waals surface area contributed by atoms with E-state index in [2.05, 4.69) is 15.0 Å². The molecule has 0 aliphatic carbocycles. The van der Waals surface area contributed by atoms with E-state index in [1.807, 2.05) is 24.4 Å². The molecule has 3 rings (SSSR count). The Kier molecular flexibility index (Phi) is 6.80. The number of hydrogen-bond donors (Lipinski definition) is 0. The van der Waals surface area contributed by atoms with E-state index in [1.54, 1.807) is 15.6 Å². The molecule has 1 fully saturated rings. The number of nitrogens with zero attached hydrogens (tertiary/aromatic N) is 4. The molecule has 0 N–H and O–H groups in total. The average molecular weight is 399 g/mol. The monoisotopic (exact) mass is 398 g/mol. The molecule has 9 heteroatoms. The molecule has 0 amide bonds. The predicted octanol–water partition coefficient (Wildman–Crippen LogP) is 2.48. The molecule has 0 unspecified atom stereocenters. The molecular weight excluding hydrogens is 372 g/mol. The minimum Gasteiger partial charge on any atom is -0.339 e. The number of piperazine rings is 1. The quantitative estimate of drug-likeness (QED) is 0.646. The summed E-state index contributed by atoms with van der Waals surface area (Å²) in [6.45, 7) is 5.69. The normalized spacial score (nSPS) is 17.0. The van der Waals surface area contributed by atoms with Crippen LogP contribution in [0, 0.1) is 0 Å². The summed E-state index contributed by atoms with van der Waals surface area (Å²) in [6, 6.07) is 3.95. The zero-order valence-electron chi connectivity index (χ0n) is 15.1. The second-order valence-electron chi connectivity index (χ2n) is 6.50. The van der Waals surface area contributed by atoms with Crippen molar-refractivity contribution in [1.29, 1.82) is 0 Å². The lowest BCUT2D eigenvalue weighted by Crippen LogP contribution is -2.49. The Bertz CT molecular complexity index is 766. The molecule has 0 spiro atoms. The molecule has 1 aliphatic rings. The molecule has 1 aliphatic heterocycles. The first kappa shape index (κ1) is 19.5. The summed E-state index contributed by atoms with van der Waals surface area (Å²) in [7, 11) is -3.08. The molecule has 2 aromatic heterocycles. The minimum atomic E-state index is -3.08. The largest absolute Gasteiger partial charge is 0.339 e. The van der Waals surface area contributed by atoms with Crippen LogP contribution in [0.1, 0.15) is 32.1 Å². The molecule has 0 bridgehead atoms. The van der Waals surface area contributed by atoms with Crippen LogP contribution in [-0.2, 0) is 16.4 Å². The van der Waals surface area contributed by atoms with Gasteiger partial charge in [-0.25, -0.2) is 8.42 Å². The summed E-state index contributed by atoms with van der Waals surface area (Å²) < 4.78 is 31.4. The zero-order valence-corrected chi connectivity index (χ0v) is 16.8. The van der Waals surface area contributed by atoms with E-state index in [9.17, 15) is 8.42 Å². The highest BCUT2D eigenvalue weighted by molar-refractivity contribution is 7.89. The number of unbranched alkanes of at least 4 members (excludes halogenated alkanes) is 1. The second kappa shape index (κ2) is 9.07.